The number of amidine groups is 1. The molecule has 0 aliphatic rings. The monoisotopic (exact) mass is 391 g/mol. The molecule has 154 valence electrons. The van der Waals surface area contributed by atoms with Gasteiger partial charge in [-0.2, -0.15) is 0 Å². The quantitative estimate of drug-likeness (QED) is 0.333. The van der Waals surface area contributed by atoms with Crippen LogP contribution in [0.4, 0.5) is 5.69 Å². The molecular formula is C25H33N3O. The smallest absolute Gasteiger partial charge is 0.130 e. The number of rotatable bonds is 7. The summed E-state index contributed by atoms with van der Waals surface area (Å²) in [5.41, 5.74) is 3.71. The van der Waals surface area contributed by atoms with Gasteiger partial charge >= 0.3 is 0 Å². The summed E-state index contributed by atoms with van der Waals surface area (Å²) >= 11 is 0. The van der Waals surface area contributed by atoms with E-state index >= 15 is 0 Å². The number of phenols is 1. The van der Waals surface area contributed by atoms with E-state index < -0.39 is 0 Å². The van der Waals surface area contributed by atoms with E-state index in [4.69, 9.17) is 0 Å². The number of aliphatic imine (C=N–C) groups is 1. The van der Waals surface area contributed by atoms with Crippen LogP contribution in [0.2, 0.25) is 0 Å². The lowest BCUT2D eigenvalue weighted by molar-refractivity contribution is 0.465. The van der Waals surface area contributed by atoms with Crippen LogP contribution in [0.5, 0.6) is 5.75 Å². The fourth-order valence-electron chi connectivity index (χ4n) is 2.32. The highest BCUT2D eigenvalue weighted by Crippen LogP contribution is 2.17. The first kappa shape index (κ1) is 25.7. The van der Waals surface area contributed by atoms with Crippen LogP contribution < -0.4 is 10.6 Å². The van der Waals surface area contributed by atoms with Crippen molar-refractivity contribution >= 4 is 11.5 Å². The van der Waals surface area contributed by atoms with Gasteiger partial charge in [0.2, 0.25) is 0 Å². The molecule has 0 saturated carbocycles. The number of para-hydroxylation sites is 2. The molecule has 0 fully saturated rings. The molecule has 3 N–H and O–H groups in total. The van der Waals surface area contributed by atoms with Gasteiger partial charge in [-0.15, -0.1) is 12.8 Å². The molecule has 0 amide bonds. The SMILES string of the molecule is C#C.C=C(CNCc1ccccc1O)NC(/C=C\C)=Nc1ccccc1C.CC. The lowest BCUT2D eigenvalue weighted by atomic mass is 10.2. The number of phenolic OH excluding ortho intramolecular Hbond substituents is 1. The number of allylic oxidation sites excluding steroid dienone is 1. The van der Waals surface area contributed by atoms with Crippen LogP contribution in [0, 0.1) is 19.8 Å². The maximum absolute atomic E-state index is 9.77. The van der Waals surface area contributed by atoms with Crippen molar-refractivity contribution in [2.75, 3.05) is 6.54 Å². The molecule has 2 rings (SSSR count). The number of terminal acetylenes is 1. The van der Waals surface area contributed by atoms with Crippen LogP contribution in [-0.4, -0.2) is 17.5 Å². The second-order valence-corrected chi connectivity index (χ2v) is 5.74. The number of nitrogens with zero attached hydrogens (tertiary/aromatic N) is 1. The van der Waals surface area contributed by atoms with E-state index in [0.717, 1.165) is 28.3 Å². The topological polar surface area (TPSA) is 56.6 Å². The van der Waals surface area contributed by atoms with E-state index in [-0.39, 0.29) is 0 Å². The highest BCUT2D eigenvalue weighted by molar-refractivity contribution is 5.96. The van der Waals surface area contributed by atoms with Crippen molar-refractivity contribution in [2.24, 2.45) is 4.99 Å². The first-order valence-corrected chi connectivity index (χ1v) is 9.63. The Kier molecular flexibility index (Phi) is 14.0. The van der Waals surface area contributed by atoms with Crippen molar-refractivity contribution < 1.29 is 5.11 Å². The summed E-state index contributed by atoms with van der Waals surface area (Å²) < 4.78 is 0. The Bertz CT molecular complexity index is 820. The van der Waals surface area contributed by atoms with Crippen LogP contribution in [0.15, 0.2) is 78.0 Å². The average molecular weight is 392 g/mol. The third-order valence-corrected chi connectivity index (χ3v) is 3.63. The van der Waals surface area contributed by atoms with Gasteiger partial charge in [0.25, 0.3) is 0 Å². The van der Waals surface area contributed by atoms with E-state index in [1.165, 1.54) is 0 Å². The molecule has 2 aromatic carbocycles. The van der Waals surface area contributed by atoms with Crippen molar-refractivity contribution in [3.8, 4) is 18.6 Å². The number of hydrogen-bond donors (Lipinski definition) is 3. The second-order valence-electron chi connectivity index (χ2n) is 5.74. The molecule has 0 bridgehead atoms. The zero-order valence-electron chi connectivity index (χ0n) is 17.9. The largest absolute Gasteiger partial charge is 0.508 e. The molecule has 0 saturated heterocycles. The Morgan fingerprint density at radius 1 is 1.10 bits per heavy atom. The summed E-state index contributed by atoms with van der Waals surface area (Å²) in [4.78, 5) is 4.66. The number of aryl methyl sites for hydroxylation is 1. The first-order chi connectivity index (χ1) is 14.1. The van der Waals surface area contributed by atoms with Gasteiger partial charge in [0, 0.05) is 24.4 Å². The molecule has 2 aromatic rings. The van der Waals surface area contributed by atoms with Crippen LogP contribution in [-0.2, 0) is 6.54 Å². The molecule has 0 spiro atoms. The molecular weight excluding hydrogens is 358 g/mol. The molecule has 0 aromatic heterocycles. The summed E-state index contributed by atoms with van der Waals surface area (Å²) in [6, 6.07) is 15.3. The molecule has 4 nitrogen and oxygen atoms in total. The maximum Gasteiger partial charge on any atom is 0.130 e. The minimum absolute atomic E-state index is 0.296. The van der Waals surface area contributed by atoms with Crippen molar-refractivity contribution in [2.45, 2.75) is 34.2 Å². The van der Waals surface area contributed by atoms with Crippen molar-refractivity contribution in [1.29, 1.82) is 0 Å². The van der Waals surface area contributed by atoms with E-state index in [1.807, 2.05) is 82.3 Å². The standard InChI is InChI=1S/C21H25N3O.C2H6.C2H2/c1-4-9-21(24-19-12-7-5-10-16(19)2)23-17(3)14-22-15-18-11-6-8-13-20(18)25;2*1-2/h4-13,22,25H,3,14-15H2,1-2H3,(H,23,24);1-2H3;1-2H/b9-4-;;. The highest BCUT2D eigenvalue weighted by Gasteiger charge is 2.02. The normalized spacial score (nSPS) is 10.3. The van der Waals surface area contributed by atoms with Crippen molar-refractivity contribution in [3.63, 3.8) is 0 Å². The highest BCUT2D eigenvalue weighted by atomic mass is 16.3. The van der Waals surface area contributed by atoms with Crippen molar-refractivity contribution in [1.82, 2.24) is 10.6 Å². The predicted molar refractivity (Wildman–Crippen MR) is 126 cm³/mol. The molecule has 29 heavy (non-hydrogen) atoms. The molecule has 0 atom stereocenters. The van der Waals surface area contributed by atoms with Crippen molar-refractivity contribution in [3.05, 3.63) is 84.1 Å². The van der Waals surface area contributed by atoms with Gasteiger partial charge in [-0.1, -0.05) is 62.9 Å². The third-order valence-electron chi connectivity index (χ3n) is 3.63. The maximum atomic E-state index is 9.77. The van der Waals surface area contributed by atoms with Gasteiger partial charge in [-0.05, 0) is 37.6 Å². The molecule has 0 aliphatic carbocycles. The number of nitrogens with one attached hydrogen (secondary N) is 2. The Morgan fingerprint density at radius 3 is 2.34 bits per heavy atom. The van der Waals surface area contributed by atoms with Gasteiger partial charge in [-0.3, -0.25) is 0 Å². The Balaban J connectivity index is 0.00000184. The minimum Gasteiger partial charge on any atom is -0.508 e. The van der Waals surface area contributed by atoms with E-state index in [9.17, 15) is 5.11 Å². The van der Waals surface area contributed by atoms with Gasteiger partial charge < -0.3 is 15.7 Å². The third kappa shape index (κ3) is 9.99. The molecule has 0 aliphatic heterocycles. The van der Waals surface area contributed by atoms with E-state index in [0.29, 0.717) is 18.8 Å². The molecule has 0 heterocycles. The van der Waals surface area contributed by atoms with Gasteiger partial charge in [0.05, 0.1) is 5.69 Å². The molecule has 4 heteroatoms. The predicted octanol–water partition coefficient (Wildman–Crippen LogP) is 5.48. The van der Waals surface area contributed by atoms with Crippen LogP contribution >= 0.6 is 0 Å². The fraction of sp³-hybridized carbons (Fsp3) is 0.240. The van der Waals surface area contributed by atoms with Gasteiger partial charge in [0.15, 0.2) is 0 Å². The van der Waals surface area contributed by atoms with Crippen LogP contribution in [0.25, 0.3) is 0 Å². The van der Waals surface area contributed by atoms with Gasteiger partial charge in [0.1, 0.15) is 11.6 Å². The lowest BCUT2D eigenvalue weighted by Crippen LogP contribution is -2.28. The second kappa shape index (κ2) is 15.7. The Labute approximate surface area is 176 Å². The minimum atomic E-state index is 0.296. The number of aromatic hydroxyl groups is 1. The average Bonchev–Trinajstić information content (AvgIpc) is 2.74. The zero-order chi connectivity index (χ0) is 22.1. The van der Waals surface area contributed by atoms with Crippen LogP contribution in [0.1, 0.15) is 31.9 Å². The van der Waals surface area contributed by atoms with Gasteiger partial charge in [-0.25, -0.2) is 4.99 Å². The summed E-state index contributed by atoms with van der Waals surface area (Å²) in [5, 5.41) is 16.3. The van der Waals surface area contributed by atoms with E-state index in [2.05, 4.69) is 35.1 Å². The zero-order valence-corrected chi connectivity index (χ0v) is 17.9. The Morgan fingerprint density at radius 2 is 1.72 bits per heavy atom. The Hall–Kier alpha value is -3.29. The molecule has 0 radical (unpaired) electrons. The van der Waals surface area contributed by atoms with E-state index in [1.54, 1.807) is 6.07 Å². The first-order valence-electron chi connectivity index (χ1n) is 9.63. The number of hydrogen-bond acceptors (Lipinski definition) is 3. The lowest BCUT2D eigenvalue weighted by Gasteiger charge is -2.12. The number of benzene rings is 2. The van der Waals surface area contributed by atoms with Crippen LogP contribution in [0.3, 0.4) is 0 Å². The molecule has 0 unspecified atom stereocenters. The summed E-state index contributed by atoms with van der Waals surface area (Å²) in [7, 11) is 0. The summed E-state index contributed by atoms with van der Waals surface area (Å²) in [6.45, 7) is 13.2. The summed E-state index contributed by atoms with van der Waals surface area (Å²) in [5.74, 6) is 1.04. The summed E-state index contributed by atoms with van der Waals surface area (Å²) in [6.07, 6.45) is 11.9. The fourth-order valence-corrected chi connectivity index (χ4v) is 2.32.